The molecular weight excluding hydrogens is 270 g/mol. The standard InChI is InChI=1S/C16H21NO4/c18-14-13-12(15(19)20)11-7-8-16(13,21-11)9-17(14)10-5-3-1-2-4-6-10/h7-8,10-13H,1-6,9H2,(H,19,20). The fourth-order valence-corrected chi connectivity index (χ4v) is 4.69. The van der Waals surface area contributed by atoms with E-state index in [0.29, 0.717) is 6.54 Å². The van der Waals surface area contributed by atoms with E-state index in [0.717, 1.165) is 25.7 Å². The lowest BCUT2D eigenvalue weighted by molar-refractivity contribution is -0.148. The van der Waals surface area contributed by atoms with Crippen LogP contribution in [0.2, 0.25) is 0 Å². The molecule has 114 valence electrons. The van der Waals surface area contributed by atoms with Gasteiger partial charge in [-0.15, -0.1) is 0 Å². The molecule has 1 amide bonds. The second-order valence-corrected chi connectivity index (χ2v) is 6.85. The van der Waals surface area contributed by atoms with Crippen LogP contribution in [-0.2, 0) is 14.3 Å². The van der Waals surface area contributed by atoms with Gasteiger partial charge < -0.3 is 14.7 Å². The summed E-state index contributed by atoms with van der Waals surface area (Å²) in [5, 5.41) is 9.45. The van der Waals surface area contributed by atoms with E-state index in [9.17, 15) is 14.7 Å². The molecule has 4 aliphatic rings. The molecule has 0 radical (unpaired) electrons. The minimum Gasteiger partial charge on any atom is -0.481 e. The first kappa shape index (κ1) is 13.3. The lowest BCUT2D eigenvalue weighted by Crippen LogP contribution is -2.41. The zero-order valence-electron chi connectivity index (χ0n) is 12.0. The Balaban J connectivity index is 1.62. The van der Waals surface area contributed by atoms with Gasteiger partial charge in [-0.3, -0.25) is 9.59 Å². The van der Waals surface area contributed by atoms with Crippen molar-refractivity contribution in [3.05, 3.63) is 12.2 Å². The van der Waals surface area contributed by atoms with Crippen molar-refractivity contribution in [2.45, 2.75) is 56.3 Å². The molecule has 3 aliphatic heterocycles. The SMILES string of the molecule is O=C(O)C1C2C=CC3(CN(C4CCCCCC4)C(=O)C13)O2. The molecule has 4 atom stereocenters. The van der Waals surface area contributed by atoms with E-state index < -0.39 is 29.5 Å². The van der Waals surface area contributed by atoms with Gasteiger partial charge in [0.25, 0.3) is 0 Å². The smallest absolute Gasteiger partial charge is 0.310 e. The lowest BCUT2D eigenvalue weighted by Gasteiger charge is -2.29. The Morgan fingerprint density at radius 1 is 1.29 bits per heavy atom. The van der Waals surface area contributed by atoms with Crippen LogP contribution in [0, 0.1) is 11.8 Å². The zero-order valence-corrected chi connectivity index (χ0v) is 12.0. The van der Waals surface area contributed by atoms with Gasteiger partial charge in [-0.25, -0.2) is 0 Å². The van der Waals surface area contributed by atoms with Crippen molar-refractivity contribution >= 4 is 11.9 Å². The molecule has 1 saturated carbocycles. The summed E-state index contributed by atoms with van der Waals surface area (Å²) in [6.07, 6.45) is 10.2. The van der Waals surface area contributed by atoms with Crippen molar-refractivity contribution in [1.29, 1.82) is 0 Å². The van der Waals surface area contributed by atoms with Crippen LogP contribution in [0.4, 0.5) is 0 Å². The molecule has 3 fully saturated rings. The zero-order chi connectivity index (χ0) is 14.6. The number of hydrogen-bond donors (Lipinski definition) is 1. The first-order valence-corrected chi connectivity index (χ1v) is 8.03. The van der Waals surface area contributed by atoms with E-state index >= 15 is 0 Å². The molecule has 0 aromatic carbocycles. The van der Waals surface area contributed by atoms with Crippen LogP contribution in [0.15, 0.2) is 12.2 Å². The molecule has 1 aliphatic carbocycles. The van der Waals surface area contributed by atoms with Crippen molar-refractivity contribution in [2.24, 2.45) is 11.8 Å². The topological polar surface area (TPSA) is 66.8 Å². The Kier molecular flexibility index (Phi) is 2.89. The number of carbonyl (C=O) groups excluding carboxylic acids is 1. The van der Waals surface area contributed by atoms with Gasteiger partial charge in [-0.2, -0.15) is 0 Å². The molecule has 3 heterocycles. The average Bonchev–Trinajstić information content (AvgIpc) is 2.99. The minimum atomic E-state index is -0.910. The summed E-state index contributed by atoms with van der Waals surface area (Å²) in [7, 11) is 0. The van der Waals surface area contributed by atoms with Crippen LogP contribution < -0.4 is 0 Å². The number of ether oxygens (including phenoxy) is 1. The van der Waals surface area contributed by atoms with Crippen LogP contribution in [0.3, 0.4) is 0 Å². The molecule has 5 nitrogen and oxygen atoms in total. The van der Waals surface area contributed by atoms with E-state index in [4.69, 9.17) is 4.74 Å². The van der Waals surface area contributed by atoms with E-state index in [1.165, 1.54) is 12.8 Å². The Morgan fingerprint density at radius 3 is 2.67 bits per heavy atom. The third kappa shape index (κ3) is 1.79. The summed E-state index contributed by atoms with van der Waals surface area (Å²) >= 11 is 0. The molecule has 1 spiro atoms. The minimum absolute atomic E-state index is 0.00106. The molecule has 21 heavy (non-hydrogen) atoms. The van der Waals surface area contributed by atoms with E-state index in [-0.39, 0.29) is 11.9 Å². The number of aliphatic carboxylic acids is 1. The first-order chi connectivity index (χ1) is 10.1. The highest BCUT2D eigenvalue weighted by atomic mass is 16.5. The van der Waals surface area contributed by atoms with Crippen molar-refractivity contribution in [1.82, 2.24) is 4.90 Å². The number of fused-ring (bicyclic) bond motifs is 1. The molecule has 2 bridgehead atoms. The van der Waals surface area contributed by atoms with Crippen molar-refractivity contribution < 1.29 is 19.4 Å². The first-order valence-electron chi connectivity index (χ1n) is 8.03. The number of carboxylic acids is 1. The van der Waals surface area contributed by atoms with Gasteiger partial charge in [0.05, 0.1) is 18.6 Å². The van der Waals surface area contributed by atoms with Gasteiger partial charge in [0.1, 0.15) is 11.5 Å². The maximum atomic E-state index is 12.8. The Bertz CT molecular complexity index is 508. The van der Waals surface area contributed by atoms with Gasteiger partial charge in [-0.1, -0.05) is 37.8 Å². The second kappa shape index (κ2) is 4.57. The average molecular weight is 291 g/mol. The molecule has 4 rings (SSSR count). The van der Waals surface area contributed by atoms with Crippen LogP contribution in [0.25, 0.3) is 0 Å². The van der Waals surface area contributed by atoms with Crippen molar-refractivity contribution in [3.8, 4) is 0 Å². The quantitative estimate of drug-likeness (QED) is 0.619. The summed E-state index contributed by atoms with van der Waals surface area (Å²) in [5.74, 6) is -2.14. The van der Waals surface area contributed by atoms with E-state index in [2.05, 4.69) is 0 Å². The largest absolute Gasteiger partial charge is 0.481 e. The van der Waals surface area contributed by atoms with Crippen molar-refractivity contribution in [2.75, 3.05) is 6.54 Å². The third-order valence-electron chi connectivity index (χ3n) is 5.68. The number of likely N-dealkylation sites (tertiary alicyclic amines) is 1. The molecule has 2 saturated heterocycles. The number of carbonyl (C=O) groups is 2. The number of nitrogens with zero attached hydrogens (tertiary/aromatic N) is 1. The Labute approximate surface area is 123 Å². The van der Waals surface area contributed by atoms with Crippen LogP contribution >= 0.6 is 0 Å². The van der Waals surface area contributed by atoms with Gasteiger partial charge in [0, 0.05) is 6.04 Å². The van der Waals surface area contributed by atoms with Crippen LogP contribution in [-0.4, -0.2) is 46.2 Å². The van der Waals surface area contributed by atoms with Crippen molar-refractivity contribution in [3.63, 3.8) is 0 Å². The molecular formula is C16H21NO4. The van der Waals surface area contributed by atoms with Gasteiger partial charge in [-0.05, 0) is 12.8 Å². The highest BCUT2D eigenvalue weighted by Crippen LogP contribution is 2.52. The molecule has 0 aromatic heterocycles. The predicted molar refractivity (Wildman–Crippen MR) is 74.6 cm³/mol. The monoisotopic (exact) mass is 291 g/mol. The number of rotatable bonds is 2. The molecule has 5 heteroatoms. The summed E-state index contributed by atoms with van der Waals surface area (Å²) in [5.41, 5.74) is -0.670. The molecule has 1 N–H and O–H groups in total. The maximum absolute atomic E-state index is 12.8. The molecule has 4 unspecified atom stereocenters. The number of hydrogen-bond acceptors (Lipinski definition) is 3. The van der Waals surface area contributed by atoms with Gasteiger partial charge in [0.15, 0.2) is 0 Å². The second-order valence-electron chi connectivity index (χ2n) is 6.85. The van der Waals surface area contributed by atoms with Gasteiger partial charge in [0.2, 0.25) is 5.91 Å². The number of carboxylic acid groups (broad SMARTS) is 1. The fourth-order valence-electron chi connectivity index (χ4n) is 4.69. The lowest BCUT2D eigenvalue weighted by atomic mass is 9.77. The summed E-state index contributed by atoms with van der Waals surface area (Å²) in [6.45, 7) is 0.540. The maximum Gasteiger partial charge on any atom is 0.310 e. The summed E-state index contributed by atoms with van der Waals surface area (Å²) in [4.78, 5) is 26.3. The predicted octanol–water partition coefficient (Wildman–Crippen LogP) is 1.58. The van der Waals surface area contributed by atoms with E-state index in [1.807, 2.05) is 17.1 Å². The highest BCUT2D eigenvalue weighted by molar-refractivity contribution is 5.91. The fraction of sp³-hybridized carbons (Fsp3) is 0.750. The Hall–Kier alpha value is -1.36. The van der Waals surface area contributed by atoms with Gasteiger partial charge >= 0.3 is 5.97 Å². The Morgan fingerprint density at radius 2 is 2.00 bits per heavy atom. The summed E-state index contributed by atoms with van der Waals surface area (Å²) in [6, 6.07) is 0.269. The highest BCUT2D eigenvalue weighted by Gasteiger charge is 2.67. The third-order valence-corrected chi connectivity index (χ3v) is 5.68. The van der Waals surface area contributed by atoms with Crippen LogP contribution in [0.5, 0.6) is 0 Å². The normalized spacial score (nSPS) is 42.4. The van der Waals surface area contributed by atoms with Crippen LogP contribution in [0.1, 0.15) is 38.5 Å². The van der Waals surface area contributed by atoms with E-state index in [1.54, 1.807) is 0 Å². The summed E-state index contributed by atoms with van der Waals surface area (Å²) < 4.78 is 5.93. The molecule has 0 aromatic rings. The number of amides is 1.